The predicted molar refractivity (Wildman–Crippen MR) is 70.8 cm³/mol. The Morgan fingerprint density at radius 3 is 2.94 bits per heavy atom. The Kier molecular flexibility index (Phi) is 3.93. The highest BCUT2D eigenvalue weighted by Gasteiger charge is 2.16. The first-order valence-corrected chi connectivity index (χ1v) is 6.67. The zero-order chi connectivity index (χ0) is 13.1. The maximum atomic E-state index is 10.8. The Morgan fingerprint density at radius 1 is 1.56 bits per heavy atom. The second-order valence-corrected chi connectivity index (χ2v) is 5.05. The molecule has 1 aromatic carbocycles. The molecule has 1 heterocycles. The number of ether oxygens (including phenoxy) is 1. The van der Waals surface area contributed by atoms with Crippen LogP contribution in [0.4, 0.5) is 0 Å². The minimum Gasteiger partial charge on any atom is -0.479 e. The lowest BCUT2D eigenvalue weighted by molar-refractivity contribution is -0.144. The van der Waals surface area contributed by atoms with Crippen molar-refractivity contribution >= 4 is 33.4 Å². The molecular weight excluding hydrogens is 320 g/mol. The van der Waals surface area contributed by atoms with Crippen molar-refractivity contribution in [3.63, 3.8) is 0 Å². The minimum atomic E-state index is -1.01. The van der Waals surface area contributed by atoms with Crippen molar-refractivity contribution in [1.82, 2.24) is 9.59 Å². The van der Waals surface area contributed by atoms with Crippen molar-refractivity contribution in [3.05, 3.63) is 28.1 Å². The lowest BCUT2D eigenvalue weighted by Crippen LogP contribution is -2.23. The van der Waals surface area contributed by atoms with Crippen LogP contribution in [0, 0.1) is 0 Å². The van der Waals surface area contributed by atoms with E-state index < -0.39 is 12.1 Å². The molecule has 0 amide bonds. The third kappa shape index (κ3) is 2.85. The summed E-state index contributed by atoms with van der Waals surface area (Å²) in [5.41, 5.74) is 1.38. The highest BCUT2D eigenvalue weighted by molar-refractivity contribution is 9.10. The number of rotatable bonds is 4. The van der Waals surface area contributed by atoms with Crippen molar-refractivity contribution < 1.29 is 14.6 Å². The monoisotopic (exact) mass is 328 g/mol. The summed E-state index contributed by atoms with van der Waals surface area (Å²) in [6.45, 7) is 1.48. The lowest BCUT2D eigenvalue weighted by Gasteiger charge is -2.13. The molecule has 2 rings (SSSR count). The first kappa shape index (κ1) is 13.0. The number of aromatic nitrogens is 2. The summed E-state index contributed by atoms with van der Waals surface area (Å²) in [4.78, 5) is 10.8. The molecule has 0 fully saturated rings. The summed E-state index contributed by atoms with van der Waals surface area (Å²) in [7, 11) is 0. The van der Waals surface area contributed by atoms with E-state index in [9.17, 15) is 4.79 Å². The molecule has 0 aliphatic carbocycles. The standard InChI is InChI=1S/C11H9BrN2O3S/c1-6(11(15)16)17-10-3-2-7(12)4-8(10)9-5-18-14-13-9/h2-6H,1H3,(H,15,16). The van der Waals surface area contributed by atoms with Gasteiger partial charge >= 0.3 is 5.97 Å². The molecule has 94 valence electrons. The van der Waals surface area contributed by atoms with Crippen LogP contribution in [-0.2, 0) is 4.79 Å². The van der Waals surface area contributed by atoms with E-state index in [0.29, 0.717) is 17.0 Å². The Labute approximate surface area is 116 Å². The average Bonchev–Trinajstić information content (AvgIpc) is 2.84. The van der Waals surface area contributed by atoms with Gasteiger partial charge in [0, 0.05) is 15.4 Å². The van der Waals surface area contributed by atoms with Gasteiger partial charge < -0.3 is 9.84 Å². The summed E-state index contributed by atoms with van der Waals surface area (Å²) in [5, 5.41) is 14.6. The summed E-state index contributed by atoms with van der Waals surface area (Å²) in [6.07, 6.45) is -0.920. The maximum Gasteiger partial charge on any atom is 0.344 e. The van der Waals surface area contributed by atoms with Crippen LogP contribution in [0.15, 0.2) is 28.1 Å². The van der Waals surface area contributed by atoms with Crippen molar-refractivity contribution in [1.29, 1.82) is 0 Å². The van der Waals surface area contributed by atoms with E-state index in [-0.39, 0.29) is 0 Å². The SMILES string of the molecule is CC(Oc1ccc(Br)cc1-c1csnn1)C(=O)O. The van der Waals surface area contributed by atoms with Gasteiger partial charge in [-0.05, 0) is 36.7 Å². The van der Waals surface area contributed by atoms with Gasteiger partial charge in [-0.1, -0.05) is 20.4 Å². The molecule has 0 aliphatic rings. The third-order valence-corrected chi connectivity index (χ3v) is 3.23. The van der Waals surface area contributed by atoms with Crippen LogP contribution in [0.3, 0.4) is 0 Å². The highest BCUT2D eigenvalue weighted by atomic mass is 79.9. The number of carboxylic acid groups (broad SMARTS) is 1. The van der Waals surface area contributed by atoms with Crippen molar-refractivity contribution in [2.24, 2.45) is 0 Å². The molecule has 0 saturated heterocycles. The van der Waals surface area contributed by atoms with E-state index in [1.807, 2.05) is 6.07 Å². The Morgan fingerprint density at radius 2 is 2.33 bits per heavy atom. The van der Waals surface area contributed by atoms with Gasteiger partial charge in [0.2, 0.25) is 0 Å². The van der Waals surface area contributed by atoms with Crippen LogP contribution in [0.25, 0.3) is 11.3 Å². The van der Waals surface area contributed by atoms with E-state index in [1.165, 1.54) is 18.5 Å². The molecule has 1 atom stereocenters. The van der Waals surface area contributed by atoms with Crippen molar-refractivity contribution in [2.75, 3.05) is 0 Å². The van der Waals surface area contributed by atoms with E-state index in [0.717, 1.165) is 4.47 Å². The summed E-state index contributed by atoms with van der Waals surface area (Å²) < 4.78 is 10.1. The van der Waals surface area contributed by atoms with Gasteiger partial charge in [-0.3, -0.25) is 0 Å². The normalized spacial score (nSPS) is 12.1. The van der Waals surface area contributed by atoms with E-state index in [4.69, 9.17) is 9.84 Å². The Balaban J connectivity index is 2.38. The number of hydrogen-bond acceptors (Lipinski definition) is 5. The summed E-state index contributed by atoms with van der Waals surface area (Å²) in [5.74, 6) is -0.541. The third-order valence-electron chi connectivity index (χ3n) is 2.23. The second-order valence-electron chi connectivity index (χ2n) is 3.53. The Hall–Kier alpha value is -1.47. The van der Waals surface area contributed by atoms with Crippen LogP contribution < -0.4 is 4.74 Å². The second kappa shape index (κ2) is 5.45. The molecule has 1 aromatic heterocycles. The number of aliphatic carboxylic acids is 1. The fourth-order valence-corrected chi connectivity index (χ4v) is 2.15. The zero-order valence-corrected chi connectivity index (χ0v) is 11.7. The highest BCUT2D eigenvalue weighted by Crippen LogP contribution is 2.32. The van der Waals surface area contributed by atoms with Gasteiger partial charge in [0.1, 0.15) is 11.4 Å². The topological polar surface area (TPSA) is 72.3 Å². The smallest absolute Gasteiger partial charge is 0.344 e. The molecule has 0 radical (unpaired) electrons. The fraction of sp³-hybridized carbons (Fsp3) is 0.182. The van der Waals surface area contributed by atoms with Gasteiger partial charge in [-0.25, -0.2) is 4.79 Å². The van der Waals surface area contributed by atoms with E-state index in [2.05, 4.69) is 25.5 Å². The molecule has 0 bridgehead atoms. The molecular formula is C11H9BrN2O3S. The van der Waals surface area contributed by atoms with Gasteiger partial charge in [0.05, 0.1) is 0 Å². The van der Waals surface area contributed by atoms with Crippen molar-refractivity contribution in [3.8, 4) is 17.0 Å². The average molecular weight is 329 g/mol. The number of nitrogens with zero attached hydrogens (tertiary/aromatic N) is 2. The zero-order valence-electron chi connectivity index (χ0n) is 9.33. The Bertz CT molecular complexity index is 559. The molecule has 18 heavy (non-hydrogen) atoms. The number of hydrogen-bond donors (Lipinski definition) is 1. The van der Waals surface area contributed by atoms with Gasteiger partial charge in [-0.15, -0.1) is 5.10 Å². The van der Waals surface area contributed by atoms with Gasteiger partial charge in [-0.2, -0.15) is 0 Å². The first-order chi connectivity index (χ1) is 8.58. The molecule has 1 unspecified atom stereocenters. The maximum absolute atomic E-state index is 10.8. The van der Waals surface area contributed by atoms with Crippen LogP contribution in [0.2, 0.25) is 0 Å². The number of carboxylic acids is 1. The van der Waals surface area contributed by atoms with Gasteiger partial charge in [0.15, 0.2) is 6.10 Å². The molecule has 5 nitrogen and oxygen atoms in total. The molecule has 0 saturated carbocycles. The first-order valence-electron chi connectivity index (χ1n) is 5.04. The minimum absolute atomic E-state index is 0.473. The molecule has 0 aliphatic heterocycles. The van der Waals surface area contributed by atoms with Crippen LogP contribution in [-0.4, -0.2) is 26.8 Å². The van der Waals surface area contributed by atoms with E-state index >= 15 is 0 Å². The molecule has 1 N–H and O–H groups in total. The molecule has 2 aromatic rings. The van der Waals surface area contributed by atoms with Gasteiger partial charge in [0.25, 0.3) is 0 Å². The molecule has 0 spiro atoms. The fourth-order valence-electron chi connectivity index (χ4n) is 1.33. The number of carbonyl (C=O) groups is 1. The number of halogens is 1. The van der Waals surface area contributed by atoms with Crippen LogP contribution >= 0.6 is 27.5 Å². The summed E-state index contributed by atoms with van der Waals surface area (Å²) in [6, 6.07) is 5.31. The van der Waals surface area contributed by atoms with E-state index in [1.54, 1.807) is 17.5 Å². The largest absolute Gasteiger partial charge is 0.479 e. The quantitative estimate of drug-likeness (QED) is 0.934. The molecule has 7 heteroatoms. The summed E-state index contributed by atoms with van der Waals surface area (Å²) >= 11 is 4.59. The number of benzene rings is 1. The predicted octanol–water partition coefficient (Wildman–Crippen LogP) is 2.82. The van der Waals surface area contributed by atoms with Crippen molar-refractivity contribution in [2.45, 2.75) is 13.0 Å². The van der Waals surface area contributed by atoms with Crippen LogP contribution in [0.5, 0.6) is 5.75 Å². The van der Waals surface area contributed by atoms with Crippen LogP contribution in [0.1, 0.15) is 6.92 Å². The lowest BCUT2D eigenvalue weighted by atomic mass is 10.1.